The van der Waals surface area contributed by atoms with Crippen LogP contribution < -0.4 is 0 Å². The molecule has 0 saturated heterocycles. The highest BCUT2D eigenvalue weighted by atomic mass is 35.5. The van der Waals surface area contributed by atoms with Gasteiger partial charge in [0.25, 0.3) is 0 Å². The molecule has 0 radical (unpaired) electrons. The van der Waals surface area contributed by atoms with Crippen molar-refractivity contribution in [2.24, 2.45) is 10.2 Å². The van der Waals surface area contributed by atoms with Crippen LogP contribution in [0.2, 0.25) is 5.02 Å². The molecule has 120 valence electrons. The van der Waals surface area contributed by atoms with Crippen molar-refractivity contribution in [2.75, 3.05) is 0 Å². The number of benzene rings is 2. The predicted molar refractivity (Wildman–Crippen MR) is 91.6 cm³/mol. The zero-order valence-corrected chi connectivity index (χ0v) is 13.5. The summed E-state index contributed by atoms with van der Waals surface area (Å²) in [4.78, 5) is 0. The Bertz CT molecular complexity index is 686. The first-order valence-electron chi connectivity index (χ1n) is 7.40. The first-order valence-corrected chi connectivity index (χ1v) is 7.78. The Hall–Kier alpha value is -2.07. The van der Waals surface area contributed by atoms with Crippen LogP contribution in [-0.4, -0.2) is 12.4 Å². The third kappa shape index (κ3) is 5.25. The average molecular weight is 335 g/mol. The molecule has 0 aliphatic carbocycles. The van der Waals surface area contributed by atoms with Crippen LogP contribution in [0.25, 0.3) is 0 Å². The molecule has 23 heavy (non-hydrogen) atoms. The summed E-state index contributed by atoms with van der Waals surface area (Å²) in [6.45, 7) is 2.03. The minimum atomic E-state index is -0.624. The quantitative estimate of drug-likeness (QED) is 0.498. The summed E-state index contributed by atoms with van der Waals surface area (Å²) in [5, 5.41) is 8.12. The highest BCUT2D eigenvalue weighted by molar-refractivity contribution is 6.30. The molecule has 0 aliphatic heterocycles. The van der Waals surface area contributed by atoms with Gasteiger partial charge in [0.2, 0.25) is 0 Å². The highest BCUT2D eigenvalue weighted by Gasteiger charge is 2.09. The first kappa shape index (κ1) is 17.3. The van der Waals surface area contributed by atoms with Gasteiger partial charge in [0, 0.05) is 5.02 Å². The van der Waals surface area contributed by atoms with Gasteiger partial charge in [-0.05, 0) is 48.2 Å². The van der Waals surface area contributed by atoms with E-state index < -0.39 is 11.6 Å². The molecule has 0 atom stereocenters. The van der Waals surface area contributed by atoms with Crippen LogP contribution in [0.5, 0.6) is 0 Å². The van der Waals surface area contributed by atoms with Crippen LogP contribution in [0, 0.1) is 11.6 Å². The van der Waals surface area contributed by atoms with Crippen molar-refractivity contribution in [1.29, 1.82) is 0 Å². The molecule has 0 aliphatic rings. The summed E-state index contributed by atoms with van der Waals surface area (Å²) in [6.07, 6.45) is 5.11. The Morgan fingerprint density at radius 2 is 1.61 bits per heavy atom. The Kier molecular flexibility index (Phi) is 6.41. The molecule has 5 heteroatoms. The minimum Gasteiger partial charge on any atom is -0.206 e. The standard InChI is InChI=1S/C18H17ClF2N2/c1-2-3-4-14-9-17(20)16(18(21)10-14)12-23-22-11-13-5-7-15(19)8-6-13/h5-12H,2-4H2,1H3/b22-11+,23-12+. The number of hydrogen-bond acceptors (Lipinski definition) is 2. The van der Waals surface area contributed by atoms with Crippen molar-refractivity contribution in [3.63, 3.8) is 0 Å². The normalized spacial score (nSPS) is 11.7. The molecule has 0 spiro atoms. The molecule has 2 nitrogen and oxygen atoms in total. The van der Waals surface area contributed by atoms with Gasteiger partial charge in [0.05, 0.1) is 18.0 Å². The second-order valence-electron chi connectivity index (χ2n) is 5.12. The predicted octanol–water partition coefficient (Wildman–Crippen LogP) is 5.41. The number of hydrogen-bond donors (Lipinski definition) is 0. The van der Waals surface area contributed by atoms with E-state index in [0.717, 1.165) is 24.6 Å². The maximum atomic E-state index is 13.9. The van der Waals surface area contributed by atoms with Crippen LogP contribution >= 0.6 is 11.6 Å². The van der Waals surface area contributed by atoms with E-state index >= 15 is 0 Å². The van der Waals surface area contributed by atoms with Gasteiger partial charge in [-0.15, -0.1) is 0 Å². The van der Waals surface area contributed by atoms with Crippen LogP contribution in [-0.2, 0) is 6.42 Å². The molecule has 0 unspecified atom stereocenters. The topological polar surface area (TPSA) is 24.7 Å². The molecule has 2 aromatic carbocycles. The Labute approximate surface area is 139 Å². The molecule has 0 bridgehead atoms. The van der Waals surface area contributed by atoms with Crippen molar-refractivity contribution in [1.82, 2.24) is 0 Å². The van der Waals surface area contributed by atoms with Gasteiger partial charge in [-0.1, -0.05) is 37.1 Å². The monoisotopic (exact) mass is 334 g/mol. The second kappa shape index (κ2) is 8.53. The lowest BCUT2D eigenvalue weighted by Gasteiger charge is -2.04. The van der Waals surface area contributed by atoms with E-state index in [0.29, 0.717) is 17.0 Å². The molecule has 0 heterocycles. The maximum absolute atomic E-state index is 13.9. The summed E-state index contributed by atoms with van der Waals surface area (Å²) < 4.78 is 27.9. The zero-order valence-electron chi connectivity index (χ0n) is 12.8. The fraction of sp³-hybridized carbons (Fsp3) is 0.222. The lowest BCUT2D eigenvalue weighted by molar-refractivity contribution is 0.575. The van der Waals surface area contributed by atoms with Crippen LogP contribution in [0.3, 0.4) is 0 Å². The summed E-state index contributed by atoms with van der Waals surface area (Å²) in [5.74, 6) is -1.25. The number of rotatable bonds is 6. The molecular weight excluding hydrogens is 318 g/mol. The number of nitrogens with zero attached hydrogens (tertiary/aromatic N) is 2. The van der Waals surface area contributed by atoms with E-state index in [4.69, 9.17) is 11.6 Å². The van der Waals surface area contributed by atoms with Gasteiger partial charge in [-0.3, -0.25) is 0 Å². The molecule has 2 rings (SSSR count). The number of aryl methyl sites for hydroxylation is 1. The smallest absolute Gasteiger partial charge is 0.135 e. The van der Waals surface area contributed by atoms with Crippen molar-refractivity contribution >= 4 is 24.0 Å². The van der Waals surface area contributed by atoms with E-state index in [9.17, 15) is 8.78 Å². The molecule has 0 amide bonds. The van der Waals surface area contributed by atoms with E-state index in [-0.39, 0.29) is 5.56 Å². The van der Waals surface area contributed by atoms with Gasteiger partial charge in [-0.25, -0.2) is 8.78 Å². The Morgan fingerprint density at radius 1 is 1.00 bits per heavy atom. The third-order valence-corrected chi connectivity index (χ3v) is 3.54. The van der Waals surface area contributed by atoms with Gasteiger partial charge < -0.3 is 0 Å². The van der Waals surface area contributed by atoms with Crippen molar-refractivity contribution in [3.8, 4) is 0 Å². The number of unbranched alkanes of at least 4 members (excludes halogenated alkanes) is 1. The van der Waals surface area contributed by atoms with Crippen LogP contribution in [0.4, 0.5) is 8.78 Å². The summed E-state index contributed by atoms with van der Waals surface area (Å²) in [7, 11) is 0. The Morgan fingerprint density at radius 3 is 2.22 bits per heavy atom. The van der Waals surface area contributed by atoms with E-state index in [1.807, 2.05) is 6.92 Å². The maximum Gasteiger partial charge on any atom is 0.135 e. The molecule has 0 aromatic heterocycles. The van der Waals surface area contributed by atoms with Crippen molar-refractivity contribution < 1.29 is 8.78 Å². The second-order valence-corrected chi connectivity index (χ2v) is 5.55. The largest absolute Gasteiger partial charge is 0.206 e. The SMILES string of the molecule is CCCCc1cc(F)c(/C=N/N=C/c2ccc(Cl)cc2)c(F)c1. The number of halogens is 3. The zero-order chi connectivity index (χ0) is 16.7. The fourth-order valence-electron chi connectivity index (χ4n) is 2.03. The summed E-state index contributed by atoms with van der Waals surface area (Å²) in [6, 6.07) is 9.68. The molecule has 0 fully saturated rings. The fourth-order valence-corrected chi connectivity index (χ4v) is 2.15. The lowest BCUT2D eigenvalue weighted by atomic mass is 10.1. The summed E-state index contributed by atoms with van der Waals surface area (Å²) >= 11 is 5.77. The van der Waals surface area contributed by atoms with E-state index in [1.165, 1.54) is 18.3 Å². The lowest BCUT2D eigenvalue weighted by Crippen LogP contribution is -1.97. The van der Waals surface area contributed by atoms with Crippen molar-refractivity contribution in [3.05, 3.63) is 69.7 Å². The van der Waals surface area contributed by atoms with Crippen LogP contribution in [0.15, 0.2) is 46.6 Å². The Balaban J connectivity index is 2.08. The molecular formula is C18H17ClF2N2. The third-order valence-electron chi connectivity index (χ3n) is 3.29. The van der Waals surface area contributed by atoms with Crippen molar-refractivity contribution in [2.45, 2.75) is 26.2 Å². The van der Waals surface area contributed by atoms with Crippen LogP contribution in [0.1, 0.15) is 36.5 Å². The minimum absolute atomic E-state index is 0.182. The first-order chi connectivity index (χ1) is 11.1. The van der Waals surface area contributed by atoms with Gasteiger partial charge >= 0.3 is 0 Å². The van der Waals surface area contributed by atoms with E-state index in [1.54, 1.807) is 24.3 Å². The molecule has 2 aromatic rings. The molecule has 0 N–H and O–H groups in total. The average Bonchev–Trinajstić information content (AvgIpc) is 2.53. The van der Waals surface area contributed by atoms with Gasteiger partial charge in [0.15, 0.2) is 0 Å². The highest BCUT2D eigenvalue weighted by Crippen LogP contribution is 2.16. The summed E-state index contributed by atoms with van der Waals surface area (Å²) in [5.41, 5.74) is 1.27. The van der Waals surface area contributed by atoms with E-state index in [2.05, 4.69) is 10.2 Å². The van der Waals surface area contributed by atoms with Gasteiger partial charge in [0.1, 0.15) is 11.6 Å². The molecule has 0 saturated carbocycles. The van der Waals surface area contributed by atoms with Gasteiger partial charge in [-0.2, -0.15) is 10.2 Å².